The molecular weight excluding hydrogens is 925 g/mol. The van der Waals surface area contributed by atoms with E-state index in [2.05, 4.69) is 25.3 Å². The second-order valence-corrected chi connectivity index (χ2v) is 20.6. The van der Waals surface area contributed by atoms with Crippen LogP contribution < -0.4 is 10.9 Å². The third kappa shape index (κ3) is 12.1. The molecule has 2 atom stereocenters. The molecule has 1 aliphatic carbocycles. The van der Waals surface area contributed by atoms with Crippen molar-refractivity contribution in [2.24, 2.45) is 11.8 Å². The zero-order valence-electron chi connectivity index (χ0n) is 40.7. The maximum Gasteiger partial charge on any atom is 0.272 e. The number of aromatic nitrogens is 2. The van der Waals surface area contributed by atoms with Gasteiger partial charge in [-0.2, -0.15) is 5.10 Å². The number of hydrogen-bond acceptors (Lipinski definition) is 9. The van der Waals surface area contributed by atoms with Crippen LogP contribution in [0.1, 0.15) is 101 Å². The zero-order chi connectivity index (χ0) is 49.4. The molecule has 5 heterocycles. The van der Waals surface area contributed by atoms with Gasteiger partial charge >= 0.3 is 0 Å². The van der Waals surface area contributed by atoms with Gasteiger partial charge in [0.05, 0.1) is 23.2 Å². The van der Waals surface area contributed by atoms with Crippen LogP contribution in [0.2, 0.25) is 0 Å². The van der Waals surface area contributed by atoms with Gasteiger partial charge in [-0.3, -0.25) is 38.6 Å². The predicted molar refractivity (Wildman–Crippen MR) is 270 cm³/mol. The van der Waals surface area contributed by atoms with Crippen LogP contribution >= 0.6 is 11.6 Å². The van der Waals surface area contributed by atoms with Crippen molar-refractivity contribution in [1.82, 2.24) is 44.9 Å². The first-order chi connectivity index (χ1) is 34.5. The normalized spacial score (nSPS) is 20.5. The number of alkyl halides is 1. The molecule has 0 radical (unpaired) electrons. The van der Waals surface area contributed by atoms with Gasteiger partial charge in [0.2, 0.25) is 17.7 Å². The second-order valence-electron chi connectivity index (χ2n) is 20.3. The lowest BCUT2D eigenvalue weighted by Crippen LogP contribution is -2.57. The zero-order valence-corrected chi connectivity index (χ0v) is 41.4. The number of benzene rings is 3. The van der Waals surface area contributed by atoms with Crippen LogP contribution in [0.3, 0.4) is 0 Å². The number of carbonyl (C=O) groups excluding carboxylic acids is 5. The third-order valence-corrected chi connectivity index (χ3v) is 16.0. The van der Waals surface area contributed by atoms with Gasteiger partial charge in [-0.15, -0.1) is 11.6 Å². The van der Waals surface area contributed by atoms with Gasteiger partial charge in [0, 0.05) is 95.3 Å². The van der Waals surface area contributed by atoms with E-state index >= 15 is 4.39 Å². The minimum absolute atomic E-state index is 0.0147. The summed E-state index contributed by atoms with van der Waals surface area (Å²) in [5, 5.41) is 11.2. The quantitative estimate of drug-likeness (QED) is 0.173. The second kappa shape index (κ2) is 23.2. The standard InChI is InChI=1S/C54H67ClFN9O6/c55-33-48(66)65-19-7-12-42(35-65)40-10-6-11-41(32-40)51(68)57-50(39-8-2-1-3-9-39)54(71)64-24-22-61(23-25-64)34-37-17-20-60(21-18-37)36-49(67)62-26-28-63(29-27-62)53(70)45-30-38(15-16-46(45)56)31-47-43-13-4-5-14-44(43)52(69)59-58-47/h4-6,10-11,13-16,30,32,37,39,42,50H,1-3,7-9,12,17-29,31,33-36H2,(H,57,68)(H,59,69)/t42-,50?/m1/s1. The molecule has 5 fully saturated rings. The molecule has 0 bridgehead atoms. The number of nitrogens with zero attached hydrogens (tertiary/aromatic N) is 7. The van der Waals surface area contributed by atoms with Gasteiger partial charge in [0.15, 0.2) is 0 Å². The molecule has 15 nitrogen and oxygen atoms in total. The Bertz CT molecular complexity index is 2620. The Hall–Kier alpha value is -5.71. The molecule has 1 saturated carbocycles. The van der Waals surface area contributed by atoms with E-state index in [1.165, 1.54) is 6.07 Å². The summed E-state index contributed by atoms with van der Waals surface area (Å²) in [4.78, 5) is 91.8. The molecule has 2 N–H and O–H groups in total. The number of nitrogens with one attached hydrogen (secondary N) is 2. The Labute approximate surface area is 420 Å². The smallest absolute Gasteiger partial charge is 0.272 e. The van der Waals surface area contributed by atoms with Crippen LogP contribution in [0.25, 0.3) is 10.8 Å². The number of fused-ring (bicyclic) bond motifs is 1. The number of H-pyrrole nitrogens is 1. The first-order valence-electron chi connectivity index (χ1n) is 25.8. The van der Waals surface area contributed by atoms with Crippen LogP contribution in [0, 0.1) is 17.7 Å². The molecule has 0 spiro atoms. The van der Waals surface area contributed by atoms with E-state index in [1.54, 1.807) is 34.1 Å². The molecule has 9 rings (SSSR count). The number of carbonyl (C=O) groups is 5. The van der Waals surface area contributed by atoms with Gasteiger partial charge in [-0.25, -0.2) is 9.49 Å². The van der Waals surface area contributed by atoms with E-state index in [1.807, 2.05) is 46.2 Å². The Balaban J connectivity index is 0.707. The van der Waals surface area contributed by atoms with Crippen molar-refractivity contribution in [2.75, 3.05) is 97.5 Å². The van der Waals surface area contributed by atoms with Crippen molar-refractivity contribution in [3.05, 3.63) is 111 Å². The van der Waals surface area contributed by atoms with Crippen molar-refractivity contribution in [2.45, 2.75) is 76.2 Å². The number of rotatable bonds is 13. The molecule has 3 aromatic carbocycles. The van der Waals surface area contributed by atoms with Crippen molar-refractivity contribution < 1.29 is 28.4 Å². The number of piperidine rings is 2. The number of piperazine rings is 2. The van der Waals surface area contributed by atoms with E-state index in [9.17, 15) is 28.8 Å². The van der Waals surface area contributed by atoms with E-state index in [4.69, 9.17) is 11.6 Å². The molecule has 4 aromatic rings. The monoisotopic (exact) mass is 991 g/mol. The highest BCUT2D eigenvalue weighted by Gasteiger charge is 2.36. The fourth-order valence-corrected chi connectivity index (χ4v) is 11.7. The number of halogens is 2. The van der Waals surface area contributed by atoms with Crippen LogP contribution in [0.15, 0.2) is 71.5 Å². The molecule has 4 aliphatic heterocycles. The Kier molecular flexibility index (Phi) is 16.4. The molecule has 1 unspecified atom stereocenters. The molecular formula is C54H67ClFN9O6. The van der Waals surface area contributed by atoms with E-state index in [0.29, 0.717) is 98.8 Å². The average molecular weight is 993 g/mol. The lowest BCUT2D eigenvalue weighted by Gasteiger charge is -2.41. The minimum Gasteiger partial charge on any atom is -0.341 e. The Morgan fingerprint density at radius 2 is 1.42 bits per heavy atom. The summed E-state index contributed by atoms with van der Waals surface area (Å²) in [7, 11) is 0. The SMILES string of the molecule is O=C(NC(C(=O)N1CCN(CC2CCN(CC(=O)N3CCN(C(=O)c4cc(Cc5n[nH]c(=O)c6ccccc56)ccc4F)CC3)CC2)CC1)C1CCCCC1)c1cccc([C@@H]2CCCN(C(=O)CCl)C2)c1. The molecule has 5 aliphatic rings. The van der Waals surface area contributed by atoms with Crippen LogP contribution in [0.5, 0.6) is 0 Å². The molecule has 5 amide bonds. The first kappa shape index (κ1) is 50.2. The van der Waals surface area contributed by atoms with Gasteiger partial charge in [-0.05, 0) is 105 Å². The molecule has 1 aromatic heterocycles. The molecule has 4 saturated heterocycles. The van der Waals surface area contributed by atoms with Crippen LogP contribution in [-0.4, -0.2) is 173 Å². The summed E-state index contributed by atoms with van der Waals surface area (Å²) >= 11 is 5.86. The molecule has 71 heavy (non-hydrogen) atoms. The average Bonchev–Trinajstić information content (AvgIpc) is 3.42. The van der Waals surface area contributed by atoms with E-state index in [-0.39, 0.29) is 52.5 Å². The minimum atomic E-state index is -0.607. The number of hydrogen-bond donors (Lipinski definition) is 2. The van der Waals surface area contributed by atoms with Gasteiger partial charge in [-0.1, -0.05) is 55.7 Å². The molecule has 378 valence electrons. The number of likely N-dealkylation sites (tertiary alicyclic amines) is 2. The summed E-state index contributed by atoms with van der Waals surface area (Å²) in [5.74, 6) is -0.581. The summed E-state index contributed by atoms with van der Waals surface area (Å²) < 4.78 is 15.1. The highest BCUT2D eigenvalue weighted by atomic mass is 35.5. The highest BCUT2D eigenvalue weighted by Crippen LogP contribution is 2.31. The van der Waals surface area contributed by atoms with Gasteiger partial charge < -0.3 is 24.9 Å². The summed E-state index contributed by atoms with van der Waals surface area (Å²) in [5.41, 5.74) is 2.57. The summed E-state index contributed by atoms with van der Waals surface area (Å²) in [6.07, 6.45) is 9.19. The number of amides is 5. The fraction of sp³-hybridized carbons (Fsp3) is 0.537. The third-order valence-electron chi connectivity index (χ3n) is 15.8. The lowest BCUT2D eigenvalue weighted by molar-refractivity contribution is -0.137. The fourth-order valence-electron chi connectivity index (χ4n) is 11.6. The Morgan fingerprint density at radius 1 is 0.704 bits per heavy atom. The lowest BCUT2D eigenvalue weighted by atomic mass is 9.83. The van der Waals surface area contributed by atoms with Gasteiger partial charge in [0.1, 0.15) is 17.7 Å². The largest absolute Gasteiger partial charge is 0.341 e. The Morgan fingerprint density at radius 3 is 2.17 bits per heavy atom. The van der Waals surface area contributed by atoms with Crippen LogP contribution in [0.4, 0.5) is 4.39 Å². The highest BCUT2D eigenvalue weighted by molar-refractivity contribution is 6.27. The first-order valence-corrected chi connectivity index (χ1v) is 26.3. The molecule has 17 heteroatoms. The van der Waals surface area contributed by atoms with Gasteiger partial charge in [0.25, 0.3) is 17.4 Å². The predicted octanol–water partition coefficient (Wildman–Crippen LogP) is 5.12. The van der Waals surface area contributed by atoms with E-state index < -0.39 is 17.8 Å². The van der Waals surface area contributed by atoms with Crippen molar-refractivity contribution >= 4 is 51.9 Å². The summed E-state index contributed by atoms with van der Waals surface area (Å²) in [6.45, 7) is 8.39. The van der Waals surface area contributed by atoms with E-state index in [0.717, 1.165) is 96.1 Å². The van der Waals surface area contributed by atoms with Crippen molar-refractivity contribution in [1.29, 1.82) is 0 Å². The maximum atomic E-state index is 15.1. The summed E-state index contributed by atoms with van der Waals surface area (Å²) in [6, 6.07) is 18.7. The van der Waals surface area contributed by atoms with Crippen molar-refractivity contribution in [3.8, 4) is 0 Å². The van der Waals surface area contributed by atoms with Crippen LogP contribution in [-0.2, 0) is 20.8 Å². The van der Waals surface area contributed by atoms with Crippen molar-refractivity contribution in [3.63, 3.8) is 0 Å². The topological polar surface area (TPSA) is 163 Å². The number of aromatic amines is 1. The maximum absolute atomic E-state index is 15.1.